The Morgan fingerprint density at radius 2 is 1.15 bits per heavy atom. The van der Waals surface area contributed by atoms with Crippen molar-refractivity contribution < 1.29 is 27.0 Å². The Morgan fingerprint density at radius 1 is 0.750 bits per heavy atom. The first-order valence-electron chi connectivity index (χ1n) is 7.26. The molecule has 0 aliphatic rings. The van der Waals surface area contributed by atoms with Crippen molar-refractivity contribution in [2.45, 2.75) is 53.4 Å². The van der Waals surface area contributed by atoms with Crippen molar-refractivity contribution >= 4 is 16.4 Å². The second-order valence-electron chi connectivity index (χ2n) is 4.09. The van der Waals surface area contributed by atoms with Crippen molar-refractivity contribution in [2.75, 3.05) is 26.4 Å². The van der Waals surface area contributed by atoms with E-state index in [1.54, 1.807) is 0 Å². The molecule has 0 rings (SSSR count). The number of rotatable bonds is 14. The fourth-order valence-electron chi connectivity index (χ4n) is 0.988. The summed E-state index contributed by atoms with van der Waals surface area (Å²) < 4.78 is 39.2. The standard InChI is InChI=1S/C12H28O6P2/c1-5-9-14-19(15-10-6-2)18-20(13,16-11-7-3)17-12-8-4/h5-12H2,1-4H3. The van der Waals surface area contributed by atoms with Crippen LogP contribution in [0.3, 0.4) is 0 Å². The van der Waals surface area contributed by atoms with E-state index in [0.29, 0.717) is 26.4 Å². The monoisotopic (exact) mass is 330 g/mol. The lowest BCUT2D eigenvalue weighted by atomic mass is 10.5. The van der Waals surface area contributed by atoms with Gasteiger partial charge >= 0.3 is 16.4 Å². The molecule has 0 unspecified atom stereocenters. The molecule has 0 aromatic carbocycles. The lowest BCUT2D eigenvalue weighted by Crippen LogP contribution is -2.03. The van der Waals surface area contributed by atoms with Gasteiger partial charge in [0.2, 0.25) is 0 Å². The van der Waals surface area contributed by atoms with Gasteiger partial charge in [-0.3, -0.25) is 9.05 Å². The third kappa shape index (κ3) is 10.2. The smallest absolute Gasteiger partial charge is 0.312 e. The van der Waals surface area contributed by atoms with Gasteiger partial charge in [-0.05, 0) is 25.7 Å². The lowest BCUT2D eigenvalue weighted by molar-refractivity contribution is 0.132. The zero-order valence-electron chi connectivity index (χ0n) is 13.0. The van der Waals surface area contributed by atoms with E-state index in [2.05, 4.69) is 0 Å². The molecule has 0 spiro atoms. The minimum atomic E-state index is -3.61. The molecule has 0 aromatic heterocycles. The van der Waals surface area contributed by atoms with E-state index < -0.39 is 16.4 Å². The molecule has 0 aliphatic heterocycles. The summed E-state index contributed by atoms with van der Waals surface area (Å²) in [6.45, 7) is 9.40. The second-order valence-corrected chi connectivity index (χ2v) is 7.11. The normalized spacial score (nSPS) is 12.2. The molecule has 8 heteroatoms. The first-order chi connectivity index (χ1) is 9.61. The zero-order valence-corrected chi connectivity index (χ0v) is 14.8. The highest BCUT2D eigenvalue weighted by atomic mass is 31.3. The number of phosphoric acid groups is 1. The molecule has 0 saturated heterocycles. The van der Waals surface area contributed by atoms with Crippen molar-refractivity contribution in [1.82, 2.24) is 0 Å². The maximum atomic E-state index is 12.5. The Balaban J connectivity index is 4.53. The summed E-state index contributed by atoms with van der Waals surface area (Å²) in [5.74, 6) is 0. The Labute approximate surface area is 124 Å². The van der Waals surface area contributed by atoms with Crippen LogP contribution in [-0.4, -0.2) is 26.4 Å². The maximum Gasteiger partial charge on any atom is 0.481 e. The molecule has 0 fully saturated rings. The van der Waals surface area contributed by atoms with Crippen LogP contribution in [0.5, 0.6) is 0 Å². The fourth-order valence-corrected chi connectivity index (χ4v) is 4.02. The Hall–Kier alpha value is 0.460. The summed E-state index contributed by atoms with van der Waals surface area (Å²) in [7, 11) is -5.32. The highest BCUT2D eigenvalue weighted by molar-refractivity contribution is 7.59. The molecule has 20 heavy (non-hydrogen) atoms. The summed E-state index contributed by atoms with van der Waals surface area (Å²) in [4.78, 5) is 0. The van der Waals surface area contributed by atoms with Gasteiger partial charge in [0.1, 0.15) is 0 Å². The number of hydrogen-bond donors (Lipinski definition) is 0. The molecule has 6 nitrogen and oxygen atoms in total. The first kappa shape index (κ1) is 20.5. The molecule has 0 aromatic rings. The Bertz CT molecular complexity index is 244. The van der Waals surface area contributed by atoms with Crippen LogP contribution in [0.2, 0.25) is 0 Å². The molecule has 0 heterocycles. The summed E-state index contributed by atoms with van der Waals surface area (Å²) >= 11 is 0. The average Bonchev–Trinajstić information content (AvgIpc) is 2.46. The van der Waals surface area contributed by atoms with Gasteiger partial charge in [0.15, 0.2) is 0 Å². The Morgan fingerprint density at radius 3 is 1.50 bits per heavy atom. The van der Waals surface area contributed by atoms with Gasteiger partial charge in [-0.25, -0.2) is 8.88 Å². The molecule has 122 valence electrons. The zero-order chi connectivity index (χ0) is 15.3. The third-order valence-corrected chi connectivity index (χ3v) is 4.99. The second kappa shape index (κ2) is 13.1. The SMILES string of the molecule is CCCOP(OCCC)OP(=O)(OCCC)OCCC. The fraction of sp³-hybridized carbons (Fsp3) is 1.00. The van der Waals surface area contributed by atoms with E-state index in [1.165, 1.54) is 0 Å². The summed E-state index contributed by atoms with van der Waals surface area (Å²) in [6, 6.07) is 0. The van der Waals surface area contributed by atoms with E-state index in [1.807, 2.05) is 27.7 Å². The van der Waals surface area contributed by atoms with Crippen LogP contribution in [-0.2, 0) is 27.0 Å². The first-order valence-corrected chi connectivity index (χ1v) is 9.82. The lowest BCUT2D eigenvalue weighted by Gasteiger charge is -2.22. The van der Waals surface area contributed by atoms with E-state index in [-0.39, 0.29) is 0 Å². The van der Waals surface area contributed by atoms with Crippen LogP contribution < -0.4 is 0 Å². The van der Waals surface area contributed by atoms with Crippen molar-refractivity contribution in [2.24, 2.45) is 0 Å². The quantitative estimate of drug-likeness (QED) is 0.416. The van der Waals surface area contributed by atoms with Crippen molar-refractivity contribution in [3.63, 3.8) is 0 Å². The van der Waals surface area contributed by atoms with Crippen LogP contribution in [0.1, 0.15) is 53.4 Å². The maximum absolute atomic E-state index is 12.5. The van der Waals surface area contributed by atoms with Crippen LogP contribution in [0.25, 0.3) is 0 Å². The molecule has 0 atom stereocenters. The minimum Gasteiger partial charge on any atom is -0.312 e. The highest BCUT2D eigenvalue weighted by Gasteiger charge is 2.33. The molecule has 0 bridgehead atoms. The molecular formula is C12H28O6P2. The van der Waals surface area contributed by atoms with Crippen molar-refractivity contribution in [3.05, 3.63) is 0 Å². The predicted molar refractivity (Wildman–Crippen MR) is 80.6 cm³/mol. The number of phosphoric ester groups is 1. The molecular weight excluding hydrogens is 302 g/mol. The van der Waals surface area contributed by atoms with Gasteiger partial charge in [-0.2, -0.15) is 0 Å². The highest BCUT2D eigenvalue weighted by Crippen LogP contribution is 2.61. The predicted octanol–water partition coefficient (Wildman–Crippen LogP) is 5.04. The largest absolute Gasteiger partial charge is 0.481 e. The summed E-state index contributed by atoms with van der Waals surface area (Å²) in [5, 5.41) is 0. The molecule has 0 radical (unpaired) electrons. The van der Waals surface area contributed by atoms with Gasteiger partial charge in [-0.15, -0.1) is 0 Å². The van der Waals surface area contributed by atoms with Crippen LogP contribution in [0.15, 0.2) is 0 Å². The van der Waals surface area contributed by atoms with Gasteiger partial charge in [0, 0.05) is 0 Å². The van der Waals surface area contributed by atoms with Gasteiger partial charge in [-0.1, -0.05) is 27.7 Å². The van der Waals surface area contributed by atoms with E-state index >= 15 is 0 Å². The van der Waals surface area contributed by atoms with Crippen molar-refractivity contribution in [3.8, 4) is 0 Å². The Kier molecular flexibility index (Phi) is 13.4. The summed E-state index contributed by atoms with van der Waals surface area (Å²) in [6.07, 6.45) is 3.11. The molecule has 0 saturated carbocycles. The molecule has 0 N–H and O–H groups in total. The van der Waals surface area contributed by atoms with Crippen LogP contribution >= 0.6 is 16.4 Å². The average molecular weight is 330 g/mol. The molecule has 0 amide bonds. The van der Waals surface area contributed by atoms with Gasteiger partial charge < -0.3 is 9.05 Å². The number of hydrogen-bond acceptors (Lipinski definition) is 6. The van der Waals surface area contributed by atoms with Crippen molar-refractivity contribution in [1.29, 1.82) is 0 Å². The van der Waals surface area contributed by atoms with Gasteiger partial charge in [0.05, 0.1) is 26.4 Å². The third-order valence-electron chi connectivity index (χ3n) is 1.88. The van der Waals surface area contributed by atoms with E-state index in [4.69, 9.17) is 22.4 Å². The molecule has 0 aliphatic carbocycles. The summed E-state index contributed by atoms with van der Waals surface area (Å²) in [5.41, 5.74) is 0. The van der Waals surface area contributed by atoms with Crippen LogP contribution in [0.4, 0.5) is 0 Å². The van der Waals surface area contributed by atoms with E-state index in [9.17, 15) is 4.57 Å². The van der Waals surface area contributed by atoms with Crippen LogP contribution in [0, 0.1) is 0 Å². The topological polar surface area (TPSA) is 63.2 Å². The van der Waals surface area contributed by atoms with E-state index in [0.717, 1.165) is 25.7 Å². The van der Waals surface area contributed by atoms with Gasteiger partial charge in [0.25, 0.3) is 0 Å². The minimum absolute atomic E-state index is 0.311.